The van der Waals surface area contributed by atoms with Crippen molar-refractivity contribution in [1.82, 2.24) is 36.1 Å². The number of aromatic nitrogens is 2. The SMILES string of the molecule is C=C(NC(=O)[C@@H](C)NC(=O)OC(C)(C)C)C(=O)N(C)CC(=O)N[C@H](C)c1nc(C(=O)N[C@@H](Cc2c[nH]c3ccccc23)C(=O)OC)cs1. The Morgan fingerprint density at radius 3 is 2.42 bits per heavy atom. The molecule has 48 heavy (non-hydrogen) atoms. The van der Waals surface area contributed by atoms with Crippen LogP contribution in [0.3, 0.4) is 0 Å². The second-order valence-corrected chi connectivity index (χ2v) is 12.9. The molecule has 0 saturated carbocycles. The van der Waals surface area contributed by atoms with E-state index in [1.165, 1.54) is 26.5 Å². The van der Waals surface area contributed by atoms with Gasteiger partial charge in [-0.15, -0.1) is 11.3 Å². The number of benzene rings is 1. The number of amides is 5. The molecule has 0 saturated heterocycles. The fourth-order valence-corrected chi connectivity index (χ4v) is 5.21. The number of aromatic amines is 1. The highest BCUT2D eigenvalue weighted by atomic mass is 32.1. The van der Waals surface area contributed by atoms with Gasteiger partial charge in [-0.1, -0.05) is 24.8 Å². The van der Waals surface area contributed by atoms with E-state index in [0.717, 1.165) is 32.7 Å². The first-order valence-electron chi connectivity index (χ1n) is 14.9. The van der Waals surface area contributed by atoms with Gasteiger partial charge in [0.1, 0.15) is 28.4 Å². The van der Waals surface area contributed by atoms with Crippen molar-refractivity contribution in [3.05, 3.63) is 64.4 Å². The molecule has 0 bridgehead atoms. The largest absolute Gasteiger partial charge is 0.467 e. The molecular weight excluding hydrogens is 642 g/mol. The monoisotopic (exact) mass is 683 g/mol. The lowest BCUT2D eigenvalue weighted by atomic mass is 10.0. The molecule has 0 aliphatic carbocycles. The molecule has 0 spiro atoms. The first-order valence-corrected chi connectivity index (χ1v) is 15.8. The Labute approximate surface area is 281 Å². The number of methoxy groups -OCH3 is 1. The van der Waals surface area contributed by atoms with Crippen LogP contribution in [0.1, 0.15) is 61.7 Å². The minimum Gasteiger partial charge on any atom is -0.467 e. The highest BCUT2D eigenvalue weighted by Crippen LogP contribution is 2.21. The zero-order valence-electron chi connectivity index (χ0n) is 27.9. The van der Waals surface area contributed by atoms with Gasteiger partial charge in [0.25, 0.3) is 11.8 Å². The number of esters is 1. The van der Waals surface area contributed by atoms with Gasteiger partial charge in [0.05, 0.1) is 25.4 Å². The highest BCUT2D eigenvalue weighted by Gasteiger charge is 2.27. The number of rotatable bonds is 13. The van der Waals surface area contributed by atoms with Crippen molar-refractivity contribution in [1.29, 1.82) is 0 Å². The van der Waals surface area contributed by atoms with Gasteiger partial charge in [-0.3, -0.25) is 19.2 Å². The fourth-order valence-electron chi connectivity index (χ4n) is 4.41. The average Bonchev–Trinajstić information content (AvgIpc) is 3.67. The maximum absolute atomic E-state index is 13.1. The number of carbonyl (C=O) groups is 6. The molecule has 16 heteroatoms. The number of carbonyl (C=O) groups excluding carboxylic acids is 6. The zero-order valence-corrected chi connectivity index (χ0v) is 28.7. The van der Waals surface area contributed by atoms with Crippen molar-refractivity contribution < 1.29 is 38.2 Å². The van der Waals surface area contributed by atoms with Gasteiger partial charge in [0.2, 0.25) is 11.8 Å². The molecule has 0 radical (unpaired) electrons. The van der Waals surface area contributed by atoms with Gasteiger partial charge in [-0.2, -0.15) is 0 Å². The van der Waals surface area contributed by atoms with Gasteiger partial charge < -0.3 is 40.6 Å². The minimum atomic E-state index is -1.03. The zero-order chi connectivity index (χ0) is 35.8. The number of fused-ring (bicyclic) bond motifs is 1. The molecule has 0 unspecified atom stereocenters. The summed E-state index contributed by atoms with van der Waals surface area (Å²) in [6.45, 7) is 11.3. The van der Waals surface area contributed by atoms with Gasteiger partial charge in [0, 0.05) is 35.9 Å². The summed E-state index contributed by atoms with van der Waals surface area (Å²) < 4.78 is 10.0. The number of hydrogen-bond donors (Lipinski definition) is 5. The van der Waals surface area contributed by atoms with Gasteiger partial charge in [-0.05, 0) is 46.2 Å². The fraction of sp³-hybridized carbons (Fsp3) is 0.406. The number of alkyl carbamates (subject to hydrolysis) is 1. The summed E-state index contributed by atoms with van der Waals surface area (Å²) in [4.78, 5) is 83.9. The van der Waals surface area contributed by atoms with E-state index >= 15 is 0 Å². The Morgan fingerprint density at radius 1 is 1.06 bits per heavy atom. The average molecular weight is 684 g/mol. The number of H-pyrrole nitrogens is 1. The molecule has 3 rings (SSSR count). The molecule has 0 aliphatic rings. The summed E-state index contributed by atoms with van der Waals surface area (Å²) in [6, 6.07) is 4.96. The second kappa shape index (κ2) is 16.0. The Balaban J connectivity index is 1.52. The van der Waals surface area contributed by atoms with Crippen LogP contribution in [0.4, 0.5) is 4.79 Å². The molecule has 0 aliphatic heterocycles. The Bertz CT molecular complexity index is 1690. The van der Waals surface area contributed by atoms with Gasteiger partial charge in [0.15, 0.2) is 0 Å². The van der Waals surface area contributed by atoms with Crippen LogP contribution >= 0.6 is 11.3 Å². The minimum absolute atomic E-state index is 0.0543. The van der Waals surface area contributed by atoms with E-state index in [2.05, 4.69) is 37.8 Å². The van der Waals surface area contributed by atoms with E-state index in [0.29, 0.717) is 5.01 Å². The molecule has 3 aromatic rings. The van der Waals surface area contributed by atoms with Crippen LogP contribution < -0.4 is 21.3 Å². The number of para-hydroxylation sites is 1. The van der Waals surface area contributed by atoms with Crippen LogP contribution in [0.2, 0.25) is 0 Å². The van der Waals surface area contributed by atoms with Crippen molar-refractivity contribution in [2.24, 2.45) is 0 Å². The van der Waals surface area contributed by atoms with Crippen molar-refractivity contribution in [2.45, 2.75) is 64.8 Å². The van der Waals surface area contributed by atoms with E-state index in [1.54, 1.807) is 33.9 Å². The number of nitrogens with one attached hydrogen (secondary N) is 5. The molecule has 2 aromatic heterocycles. The van der Waals surface area contributed by atoms with Crippen molar-refractivity contribution in [3.63, 3.8) is 0 Å². The molecule has 5 amide bonds. The lowest BCUT2D eigenvalue weighted by Crippen LogP contribution is -2.48. The number of ether oxygens (including phenoxy) is 2. The normalized spacial score (nSPS) is 13.0. The summed E-state index contributed by atoms with van der Waals surface area (Å²) in [6.07, 6.45) is 1.17. The van der Waals surface area contributed by atoms with Crippen LogP contribution in [0.5, 0.6) is 0 Å². The predicted octanol–water partition coefficient (Wildman–Crippen LogP) is 2.32. The second-order valence-electron chi connectivity index (χ2n) is 12.0. The maximum Gasteiger partial charge on any atom is 0.408 e. The van der Waals surface area contributed by atoms with Crippen molar-refractivity contribution in [3.8, 4) is 0 Å². The summed E-state index contributed by atoms with van der Waals surface area (Å²) in [5.74, 6) is -3.17. The Morgan fingerprint density at radius 2 is 1.75 bits per heavy atom. The molecule has 3 atom stereocenters. The summed E-state index contributed by atoms with van der Waals surface area (Å²) in [7, 11) is 2.60. The Hall–Kier alpha value is -5.25. The first-order chi connectivity index (χ1) is 22.5. The number of likely N-dealkylation sites (N-methyl/N-ethyl adjacent to an activating group) is 1. The molecule has 0 fully saturated rings. The van der Waals surface area contributed by atoms with Crippen LogP contribution in [0, 0.1) is 0 Å². The first kappa shape index (κ1) is 37.2. The summed E-state index contributed by atoms with van der Waals surface area (Å²) in [5, 5.41) is 12.9. The van der Waals surface area contributed by atoms with E-state index in [1.807, 2.05) is 24.3 Å². The Kier molecular flexibility index (Phi) is 12.4. The number of nitrogens with zero attached hydrogens (tertiary/aromatic N) is 2. The summed E-state index contributed by atoms with van der Waals surface area (Å²) in [5.41, 5.74) is 0.724. The standard InChI is InChI=1S/C32H41N7O8S/c1-17(36-31(45)47-32(4,5)6)26(41)35-19(3)29(43)39(7)15-25(40)34-18(2)28-38-24(16-48-28)27(42)37-23(30(44)46-8)13-20-14-33-22-12-10-9-11-21(20)22/h9-12,14,16-18,23,33H,3,13,15H2,1-2,4-8H3,(H,34,40)(H,35,41)(H,36,45)(H,37,42)/t17-,18-,23+/m1/s1. The van der Waals surface area contributed by atoms with Gasteiger partial charge >= 0.3 is 12.1 Å². The highest BCUT2D eigenvalue weighted by molar-refractivity contribution is 7.09. The van der Waals surface area contributed by atoms with Crippen LogP contribution in [-0.2, 0) is 35.1 Å². The molecule has 15 nitrogen and oxygen atoms in total. The van der Waals surface area contributed by atoms with E-state index < -0.39 is 59.4 Å². The van der Waals surface area contributed by atoms with Gasteiger partial charge in [-0.25, -0.2) is 14.6 Å². The smallest absolute Gasteiger partial charge is 0.408 e. The quantitative estimate of drug-likeness (QED) is 0.132. The van der Waals surface area contributed by atoms with E-state index in [-0.39, 0.29) is 24.4 Å². The summed E-state index contributed by atoms with van der Waals surface area (Å²) >= 11 is 1.13. The molecule has 5 N–H and O–H groups in total. The van der Waals surface area contributed by atoms with E-state index in [9.17, 15) is 28.8 Å². The third kappa shape index (κ3) is 10.4. The van der Waals surface area contributed by atoms with E-state index in [4.69, 9.17) is 9.47 Å². The maximum atomic E-state index is 13.1. The van der Waals surface area contributed by atoms with Crippen molar-refractivity contribution in [2.75, 3.05) is 20.7 Å². The van der Waals surface area contributed by atoms with Crippen LogP contribution in [0.15, 0.2) is 48.1 Å². The number of hydrogen-bond acceptors (Lipinski definition) is 10. The van der Waals surface area contributed by atoms with Crippen LogP contribution in [0.25, 0.3) is 10.9 Å². The predicted molar refractivity (Wildman–Crippen MR) is 178 cm³/mol. The van der Waals surface area contributed by atoms with Crippen LogP contribution in [-0.4, -0.2) is 88.9 Å². The topological polar surface area (TPSA) is 201 Å². The molecule has 1 aromatic carbocycles. The molecular formula is C32H41N7O8S. The van der Waals surface area contributed by atoms with Crippen molar-refractivity contribution >= 4 is 57.9 Å². The lowest BCUT2D eigenvalue weighted by Gasteiger charge is -2.22. The third-order valence-corrected chi connectivity index (χ3v) is 7.81. The molecule has 2 heterocycles. The third-order valence-electron chi connectivity index (χ3n) is 6.78. The molecule has 258 valence electrons. The number of thiazole rings is 1. The lowest BCUT2D eigenvalue weighted by molar-refractivity contribution is -0.142.